The van der Waals surface area contributed by atoms with Crippen molar-refractivity contribution in [3.63, 3.8) is 0 Å². The number of nitrogens with zero attached hydrogens (tertiary/aromatic N) is 1. The summed E-state index contributed by atoms with van der Waals surface area (Å²) in [6, 6.07) is 9.44. The number of carbonyl (C=O) groups excluding carboxylic acids is 1. The van der Waals surface area contributed by atoms with Gasteiger partial charge in [-0.1, -0.05) is 6.07 Å². The molecule has 7 nitrogen and oxygen atoms in total. The molecule has 130 valence electrons. The summed E-state index contributed by atoms with van der Waals surface area (Å²) in [6.45, 7) is 1.75. The molecule has 0 aliphatic rings. The van der Waals surface area contributed by atoms with E-state index in [4.69, 9.17) is 14.2 Å². The van der Waals surface area contributed by atoms with Crippen molar-refractivity contribution >= 4 is 17.7 Å². The van der Waals surface area contributed by atoms with Gasteiger partial charge in [0, 0.05) is 17.7 Å². The molecule has 0 atom stereocenters. The number of benzene rings is 2. The van der Waals surface area contributed by atoms with Crippen LogP contribution in [0.5, 0.6) is 17.2 Å². The lowest BCUT2D eigenvalue weighted by atomic mass is 10.1. The minimum absolute atomic E-state index is 0.0998. The molecule has 0 aliphatic heterocycles. The molecule has 25 heavy (non-hydrogen) atoms. The molecule has 0 spiro atoms. The van der Waals surface area contributed by atoms with E-state index in [9.17, 15) is 14.9 Å². The number of hydrogen-bond acceptors (Lipinski definition) is 6. The second-order valence-electron chi connectivity index (χ2n) is 5.09. The third-order valence-corrected chi connectivity index (χ3v) is 3.36. The number of carbonyl (C=O) groups is 1. The zero-order valence-corrected chi connectivity index (χ0v) is 14.0. The van der Waals surface area contributed by atoms with Crippen LogP contribution < -0.4 is 14.2 Å². The minimum atomic E-state index is -0.737. The first-order valence-electron chi connectivity index (χ1n) is 7.31. The number of rotatable bonds is 6. The quantitative estimate of drug-likeness (QED) is 0.262. The second-order valence-corrected chi connectivity index (χ2v) is 5.09. The molecule has 0 radical (unpaired) electrons. The van der Waals surface area contributed by atoms with E-state index in [-0.39, 0.29) is 11.4 Å². The van der Waals surface area contributed by atoms with Gasteiger partial charge in [0.05, 0.1) is 19.1 Å². The number of esters is 1. The monoisotopic (exact) mass is 343 g/mol. The van der Waals surface area contributed by atoms with Gasteiger partial charge in [0.25, 0.3) is 0 Å². The fourth-order valence-corrected chi connectivity index (χ4v) is 2.12. The van der Waals surface area contributed by atoms with E-state index < -0.39 is 10.9 Å². The van der Waals surface area contributed by atoms with Gasteiger partial charge in [-0.05, 0) is 42.8 Å². The first-order chi connectivity index (χ1) is 11.9. The Bertz CT molecular complexity index is 828. The van der Waals surface area contributed by atoms with E-state index in [1.165, 1.54) is 38.5 Å². The fraction of sp³-hybridized carbons (Fsp3) is 0.167. The van der Waals surface area contributed by atoms with Crippen LogP contribution >= 0.6 is 0 Å². The third kappa shape index (κ3) is 4.57. The van der Waals surface area contributed by atoms with Gasteiger partial charge in [-0.15, -0.1) is 0 Å². The minimum Gasteiger partial charge on any atom is -0.497 e. The highest BCUT2D eigenvalue weighted by atomic mass is 16.6. The summed E-state index contributed by atoms with van der Waals surface area (Å²) in [5.41, 5.74) is 1.08. The van der Waals surface area contributed by atoms with Crippen LogP contribution in [0.4, 0.5) is 5.69 Å². The maximum absolute atomic E-state index is 12.0. The number of aryl methyl sites for hydroxylation is 1. The van der Waals surface area contributed by atoms with Crippen molar-refractivity contribution in [3.05, 3.63) is 63.7 Å². The van der Waals surface area contributed by atoms with Crippen molar-refractivity contribution in [1.29, 1.82) is 0 Å². The molecule has 0 aromatic heterocycles. The molecule has 0 aliphatic carbocycles. The van der Waals surface area contributed by atoms with Gasteiger partial charge in [0.1, 0.15) is 11.5 Å². The largest absolute Gasteiger partial charge is 0.497 e. The number of nitro groups is 1. The summed E-state index contributed by atoms with van der Waals surface area (Å²) in [4.78, 5) is 22.4. The zero-order chi connectivity index (χ0) is 18.4. The zero-order valence-electron chi connectivity index (χ0n) is 14.0. The maximum atomic E-state index is 12.0. The summed E-state index contributed by atoms with van der Waals surface area (Å²) in [5, 5.41) is 11.0. The van der Waals surface area contributed by atoms with Crippen molar-refractivity contribution in [2.75, 3.05) is 14.2 Å². The van der Waals surface area contributed by atoms with E-state index in [1.807, 2.05) is 0 Å². The Balaban J connectivity index is 2.22. The standard InChI is InChI=1S/C18H17NO6/c1-12-4-7-15(19(21)22)17(10-12)25-18(20)9-5-13-11-14(23-2)6-8-16(13)24-3/h4-11H,1-3H3/b9-5+. The maximum Gasteiger partial charge on any atom is 0.336 e. The van der Waals surface area contributed by atoms with Gasteiger partial charge in [0.15, 0.2) is 0 Å². The Morgan fingerprint density at radius 2 is 1.84 bits per heavy atom. The first-order valence-corrected chi connectivity index (χ1v) is 7.31. The third-order valence-electron chi connectivity index (χ3n) is 3.36. The van der Waals surface area contributed by atoms with Gasteiger partial charge in [0.2, 0.25) is 5.75 Å². The van der Waals surface area contributed by atoms with Crippen LogP contribution in [0.2, 0.25) is 0 Å². The van der Waals surface area contributed by atoms with Crippen LogP contribution in [-0.2, 0) is 4.79 Å². The van der Waals surface area contributed by atoms with Crippen LogP contribution in [0.1, 0.15) is 11.1 Å². The summed E-state index contributed by atoms with van der Waals surface area (Å²) >= 11 is 0. The van der Waals surface area contributed by atoms with Gasteiger partial charge in [-0.3, -0.25) is 10.1 Å². The lowest BCUT2D eigenvalue weighted by Crippen LogP contribution is -2.06. The van der Waals surface area contributed by atoms with Crippen LogP contribution in [0.3, 0.4) is 0 Å². The molecule has 7 heteroatoms. The van der Waals surface area contributed by atoms with E-state index >= 15 is 0 Å². The van der Waals surface area contributed by atoms with Crippen molar-refractivity contribution in [2.45, 2.75) is 6.92 Å². The Hall–Kier alpha value is -3.35. The number of ether oxygens (including phenoxy) is 3. The Morgan fingerprint density at radius 3 is 2.48 bits per heavy atom. The Kier molecular flexibility index (Phi) is 5.73. The van der Waals surface area contributed by atoms with Crippen LogP contribution in [0.25, 0.3) is 6.08 Å². The Labute approximate surface area is 144 Å². The molecule has 2 aromatic carbocycles. The molecule has 0 saturated heterocycles. The van der Waals surface area contributed by atoms with Crippen LogP contribution in [-0.4, -0.2) is 25.1 Å². The smallest absolute Gasteiger partial charge is 0.336 e. The normalized spacial score (nSPS) is 10.5. The highest BCUT2D eigenvalue weighted by Crippen LogP contribution is 2.28. The molecule has 2 rings (SSSR count). The van der Waals surface area contributed by atoms with Crippen molar-refractivity contribution in [1.82, 2.24) is 0 Å². The molecule has 0 saturated carbocycles. The number of hydrogen-bond donors (Lipinski definition) is 0. The molecule has 0 bridgehead atoms. The topological polar surface area (TPSA) is 87.9 Å². The van der Waals surface area contributed by atoms with Gasteiger partial charge in [-0.25, -0.2) is 4.79 Å². The van der Waals surface area contributed by atoms with Gasteiger partial charge in [-0.2, -0.15) is 0 Å². The van der Waals surface area contributed by atoms with Crippen molar-refractivity contribution in [3.8, 4) is 17.2 Å². The molecule has 0 unspecified atom stereocenters. The summed E-state index contributed by atoms with van der Waals surface area (Å²) in [7, 11) is 3.04. The highest BCUT2D eigenvalue weighted by Gasteiger charge is 2.17. The summed E-state index contributed by atoms with van der Waals surface area (Å²) in [6.07, 6.45) is 2.66. The fourth-order valence-electron chi connectivity index (χ4n) is 2.12. The second kappa shape index (κ2) is 7.96. The van der Waals surface area contributed by atoms with Crippen LogP contribution in [0, 0.1) is 17.0 Å². The van der Waals surface area contributed by atoms with Crippen molar-refractivity contribution in [2.24, 2.45) is 0 Å². The average molecular weight is 343 g/mol. The molecular formula is C18H17NO6. The van der Waals surface area contributed by atoms with Gasteiger partial charge >= 0.3 is 11.7 Å². The van der Waals surface area contributed by atoms with E-state index in [0.717, 1.165) is 5.56 Å². The van der Waals surface area contributed by atoms with E-state index in [2.05, 4.69) is 0 Å². The molecule has 0 N–H and O–H groups in total. The first kappa shape index (κ1) is 18.0. The summed E-state index contributed by atoms with van der Waals surface area (Å²) < 4.78 is 15.4. The molecule has 0 heterocycles. The number of methoxy groups -OCH3 is 2. The molecule has 2 aromatic rings. The van der Waals surface area contributed by atoms with Crippen LogP contribution in [0.15, 0.2) is 42.5 Å². The van der Waals surface area contributed by atoms with Crippen molar-refractivity contribution < 1.29 is 23.9 Å². The Morgan fingerprint density at radius 1 is 1.08 bits per heavy atom. The highest BCUT2D eigenvalue weighted by molar-refractivity contribution is 5.89. The molecule has 0 fully saturated rings. The average Bonchev–Trinajstić information content (AvgIpc) is 2.59. The molecular weight excluding hydrogens is 326 g/mol. The molecule has 0 amide bonds. The lowest BCUT2D eigenvalue weighted by molar-refractivity contribution is -0.385. The predicted octanol–water partition coefficient (Wildman–Crippen LogP) is 3.54. The lowest BCUT2D eigenvalue weighted by Gasteiger charge is -2.07. The predicted molar refractivity (Wildman–Crippen MR) is 92.0 cm³/mol. The number of nitro benzene ring substituents is 1. The summed E-state index contributed by atoms with van der Waals surface area (Å²) in [5.74, 6) is 0.311. The van der Waals surface area contributed by atoms with Gasteiger partial charge < -0.3 is 14.2 Å². The van der Waals surface area contributed by atoms with E-state index in [1.54, 1.807) is 31.2 Å². The SMILES string of the molecule is COc1ccc(OC)c(/C=C/C(=O)Oc2cc(C)ccc2[N+](=O)[O-])c1. The van der Waals surface area contributed by atoms with E-state index in [0.29, 0.717) is 17.1 Å².